The van der Waals surface area contributed by atoms with E-state index >= 15 is 0 Å². The second-order valence-corrected chi connectivity index (χ2v) is 7.03. The van der Waals surface area contributed by atoms with Crippen molar-refractivity contribution in [1.29, 1.82) is 0 Å². The van der Waals surface area contributed by atoms with E-state index in [1.54, 1.807) is 0 Å². The molecule has 0 bridgehead atoms. The monoisotopic (exact) mass is 348 g/mol. The first-order valence-electron chi connectivity index (χ1n) is 9.53. The Balaban J connectivity index is 1.58. The second kappa shape index (κ2) is 8.81. The molecule has 26 heavy (non-hydrogen) atoms. The molecule has 2 aromatic carbocycles. The van der Waals surface area contributed by atoms with Crippen molar-refractivity contribution in [3.63, 3.8) is 0 Å². The minimum Gasteiger partial charge on any atom is -0.325 e. The predicted molar refractivity (Wildman–Crippen MR) is 109 cm³/mol. The maximum Gasteiger partial charge on any atom is 0.238 e. The number of hydrogen-bond acceptors (Lipinski definition) is 2. The zero-order valence-electron chi connectivity index (χ0n) is 15.7. The maximum absolute atomic E-state index is 12.5. The molecular weight excluding hydrogens is 320 g/mol. The molecule has 1 atom stereocenters. The van der Waals surface area contributed by atoms with Crippen LogP contribution in [-0.2, 0) is 4.79 Å². The van der Waals surface area contributed by atoms with Gasteiger partial charge in [-0.05, 0) is 41.5 Å². The molecule has 0 aliphatic carbocycles. The van der Waals surface area contributed by atoms with Gasteiger partial charge in [-0.3, -0.25) is 9.69 Å². The van der Waals surface area contributed by atoms with Crippen LogP contribution in [-0.4, -0.2) is 30.4 Å². The first kappa shape index (κ1) is 18.4. The highest BCUT2D eigenvalue weighted by molar-refractivity contribution is 5.93. The van der Waals surface area contributed by atoms with E-state index in [0.717, 1.165) is 31.6 Å². The van der Waals surface area contributed by atoms with Crippen LogP contribution in [0.25, 0.3) is 5.57 Å². The zero-order valence-corrected chi connectivity index (χ0v) is 15.7. The number of nitrogens with zero attached hydrogens (tertiary/aromatic N) is 1. The van der Waals surface area contributed by atoms with Crippen molar-refractivity contribution >= 4 is 17.2 Å². The fourth-order valence-corrected chi connectivity index (χ4v) is 3.42. The third-order valence-electron chi connectivity index (χ3n) is 5.18. The van der Waals surface area contributed by atoms with Crippen molar-refractivity contribution in [2.45, 2.75) is 32.6 Å². The van der Waals surface area contributed by atoms with Gasteiger partial charge in [-0.1, -0.05) is 68.5 Å². The Morgan fingerprint density at radius 1 is 1.12 bits per heavy atom. The fraction of sp³-hybridized carbons (Fsp3) is 0.348. The van der Waals surface area contributed by atoms with Gasteiger partial charge in [0.05, 0.1) is 6.54 Å². The minimum atomic E-state index is 0.0670. The molecule has 136 valence electrons. The fourth-order valence-electron chi connectivity index (χ4n) is 3.42. The van der Waals surface area contributed by atoms with Gasteiger partial charge in [0, 0.05) is 18.8 Å². The number of amides is 1. The van der Waals surface area contributed by atoms with E-state index in [2.05, 4.69) is 60.5 Å². The van der Waals surface area contributed by atoms with Gasteiger partial charge in [0.2, 0.25) is 5.91 Å². The Labute approximate surface area is 156 Å². The van der Waals surface area contributed by atoms with Crippen LogP contribution in [0.3, 0.4) is 0 Å². The number of nitrogens with one attached hydrogen (secondary N) is 1. The molecular formula is C23H28N2O. The summed E-state index contributed by atoms with van der Waals surface area (Å²) in [5, 5.41) is 3.11. The molecule has 3 nitrogen and oxygen atoms in total. The van der Waals surface area contributed by atoms with Crippen LogP contribution in [0.2, 0.25) is 0 Å². The lowest BCUT2D eigenvalue weighted by Gasteiger charge is -2.26. The van der Waals surface area contributed by atoms with Crippen LogP contribution in [0.1, 0.15) is 43.7 Å². The summed E-state index contributed by atoms with van der Waals surface area (Å²) in [6.45, 7) is 6.55. The van der Waals surface area contributed by atoms with Gasteiger partial charge in [-0.2, -0.15) is 0 Å². The molecule has 0 radical (unpaired) electrons. The van der Waals surface area contributed by atoms with Crippen LogP contribution < -0.4 is 5.32 Å². The average molecular weight is 348 g/mol. The van der Waals surface area contributed by atoms with Crippen molar-refractivity contribution in [2.24, 2.45) is 0 Å². The number of carbonyl (C=O) groups excluding carboxylic acids is 1. The summed E-state index contributed by atoms with van der Waals surface area (Å²) in [7, 11) is 0. The van der Waals surface area contributed by atoms with Gasteiger partial charge < -0.3 is 5.32 Å². The summed E-state index contributed by atoms with van der Waals surface area (Å²) < 4.78 is 0. The Hall–Kier alpha value is -2.39. The molecule has 1 heterocycles. The molecule has 0 aromatic heterocycles. The molecule has 0 unspecified atom stereocenters. The Bertz CT molecular complexity index is 767. The molecule has 3 heteroatoms. The molecule has 0 spiro atoms. The molecule has 1 N–H and O–H groups in total. The van der Waals surface area contributed by atoms with E-state index in [9.17, 15) is 4.79 Å². The summed E-state index contributed by atoms with van der Waals surface area (Å²) in [5.74, 6) is 0.509. The summed E-state index contributed by atoms with van der Waals surface area (Å²) in [6, 6.07) is 18.6. The Kier molecular flexibility index (Phi) is 6.24. The van der Waals surface area contributed by atoms with Gasteiger partial charge in [0.15, 0.2) is 0 Å². The summed E-state index contributed by atoms with van der Waals surface area (Å²) in [4.78, 5) is 14.7. The van der Waals surface area contributed by atoms with Crippen molar-refractivity contribution < 1.29 is 4.79 Å². The van der Waals surface area contributed by atoms with Crippen molar-refractivity contribution in [3.8, 4) is 0 Å². The van der Waals surface area contributed by atoms with Crippen molar-refractivity contribution in [1.82, 2.24) is 4.90 Å². The van der Waals surface area contributed by atoms with Gasteiger partial charge in [0.1, 0.15) is 0 Å². The van der Waals surface area contributed by atoms with E-state index in [4.69, 9.17) is 0 Å². The van der Waals surface area contributed by atoms with Crippen LogP contribution in [0.4, 0.5) is 5.69 Å². The van der Waals surface area contributed by atoms with E-state index in [0.29, 0.717) is 12.5 Å². The largest absolute Gasteiger partial charge is 0.325 e. The highest BCUT2D eigenvalue weighted by atomic mass is 16.2. The molecule has 0 fully saturated rings. The summed E-state index contributed by atoms with van der Waals surface area (Å²) in [5.41, 5.74) is 4.83. The quantitative estimate of drug-likeness (QED) is 0.803. The Morgan fingerprint density at radius 2 is 1.85 bits per heavy atom. The predicted octanol–water partition coefficient (Wildman–Crippen LogP) is 4.93. The smallest absolute Gasteiger partial charge is 0.238 e. The number of para-hydroxylation sites is 1. The van der Waals surface area contributed by atoms with E-state index in [1.807, 2.05) is 24.3 Å². The molecule has 1 aliphatic rings. The van der Waals surface area contributed by atoms with E-state index in [1.165, 1.54) is 16.7 Å². The molecule has 0 saturated heterocycles. The van der Waals surface area contributed by atoms with Crippen molar-refractivity contribution in [3.05, 3.63) is 71.8 Å². The lowest BCUT2D eigenvalue weighted by Crippen LogP contribution is -2.36. The average Bonchev–Trinajstić information content (AvgIpc) is 2.69. The molecule has 1 amide bonds. The van der Waals surface area contributed by atoms with E-state index < -0.39 is 0 Å². The van der Waals surface area contributed by atoms with Crippen LogP contribution in [0.5, 0.6) is 0 Å². The number of hydrogen-bond donors (Lipinski definition) is 1. The lowest BCUT2D eigenvalue weighted by atomic mass is 9.97. The normalized spacial score (nSPS) is 16.0. The highest BCUT2D eigenvalue weighted by Gasteiger charge is 2.17. The van der Waals surface area contributed by atoms with Crippen molar-refractivity contribution in [2.75, 3.05) is 25.0 Å². The molecule has 3 rings (SSSR count). The second-order valence-electron chi connectivity index (χ2n) is 7.03. The lowest BCUT2D eigenvalue weighted by molar-refractivity contribution is -0.117. The minimum absolute atomic E-state index is 0.0670. The molecule has 2 aromatic rings. The van der Waals surface area contributed by atoms with Crippen LogP contribution in [0, 0.1) is 0 Å². The van der Waals surface area contributed by atoms with Crippen LogP contribution in [0.15, 0.2) is 60.7 Å². The standard InChI is InChI=1S/C23H28N2O/c1-3-18(2)21-11-7-8-12-22(21)24-23(26)17-25-15-13-20(14-16-25)19-9-5-4-6-10-19/h4-13,18H,3,14-17H2,1-2H3,(H,24,26)/t18-/m0/s1. The SMILES string of the molecule is CC[C@H](C)c1ccccc1NC(=O)CN1CC=C(c2ccccc2)CC1. The van der Waals surface area contributed by atoms with Crippen LogP contribution >= 0.6 is 0 Å². The van der Waals surface area contributed by atoms with Gasteiger partial charge >= 0.3 is 0 Å². The van der Waals surface area contributed by atoms with Gasteiger partial charge in [-0.25, -0.2) is 0 Å². The molecule has 1 aliphatic heterocycles. The first-order valence-corrected chi connectivity index (χ1v) is 9.53. The first-order chi connectivity index (χ1) is 12.7. The number of anilines is 1. The highest BCUT2D eigenvalue weighted by Crippen LogP contribution is 2.26. The number of benzene rings is 2. The zero-order chi connectivity index (χ0) is 18.4. The van der Waals surface area contributed by atoms with E-state index in [-0.39, 0.29) is 5.91 Å². The summed E-state index contributed by atoms with van der Waals surface area (Å²) >= 11 is 0. The molecule has 0 saturated carbocycles. The third-order valence-corrected chi connectivity index (χ3v) is 5.18. The number of rotatable bonds is 6. The van der Waals surface area contributed by atoms with Gasteiger partial charge in [-0.15, -0.1) is 0 Å². The maximum atomic E-state index is 12.5. The van der Waals surface area contributed by atoms with Gasteiger partial charge in [0.25, 0.3) is 0 Å². The third kappa shape index (κ3) is 4.61. The number of carbonyl (C=O) groups is 1. The summed E-state index contributed by atoms with van der Waals surface area (Å²) in [6.07, 6.45) is 4.30. The Morgan fingerprint density at radius 3 is 2.54 bits per heavy atom. The topological polar surface area (TPSA) is 32.3 Å².